The van der Waals surface area contributed by atoms with Gasteiger partial charge in [0.1, 0.15) is 4.32 Å². The van der Waals surface area contributed by atoms with Gasteiger partial charge in [0.25, 0.3) is 5.91 Å². The molecule has 1 fully saturated rings. The molecule has 8 nitrogen and oxygen atoms in total. The summed E-state index contributed by atoms with van der Waals surface area (Å²) in [7, 11) is 4.64. The fraction of sp³-hybridized carbons (Fsp3) is 0.192. The van der Waals surface area contributed by atoms with Crippen LogP contribution in [0.25, 0.3) is 6.08 Å². The summed E-state index contributed by atoms with van der Waals surface area (Å²) in [6.07, 6.45) is 3.72. The topological polar surface area (TPSA) is 87.4 Å². The Morgan fingerprint density at radius 3 is 2.42 bits per heavy atom. The van der Waals surface area contributed by atoms with E-state index >= 15 is 0 Å². The third-order valence-electron chi connectivity index (χ3n) is 5.36. The summed E-state index contributed by atoms with van der Waals surface area (Å²) in [6.45, 7) is 0.433. The molecule has 2 aromatic carbocycles. The minimum absolute atomic E-state index is 0.0814. The molecule has 1 aromatic heterocycles. The molecule has 0 spiro atoms. The predicted molar refractivity (Wildman–Crippen MR) is 140 cm³/mol. The first-order valence-corrected chi connectivity index (χ1v) is 12.1. The number of methoxy groups -OCH3 is 3. The first kappa shape index (κ1) is 25.3. The Morgan fingerprint density at radius 1 is 1.00 bits per heavy atom. The number of hydrogen-bond acceptors (Lipinski definition) is 9. The van der Waals surface area contributed by atoms with Crippen LogP contribution in [0.5, 0.6) is 23.0 Å². The lowest BCUT2D eigenvalue weighted by Crippen LogP contribution is -2.30. The highest BCUT2D eigenvalue weighted by Crippen LogP contribution is 2.35. The second-order valence-electron chi connectivity index (χ2n) is 7.55. The van der Waals surface area contributed by atoms with Crippen molar-refractivity contribution in [3.63, 3.8) is 0 Å². The van der Waals surface area contributed by atoms with Crippen molar-refractivity contribution < 1.29 is 33.0 Å². The van der Waals surface area contributed by atoms with Crippen LogP contribution in [0.2, 0.25) is 0 Å². The van der Waals surface area contributed by atoms with Crippen molar-refractivity contribution in [3.8, 4) is 23.0 Å². The molecule has 0 atom stereocenters. The lowest BCUT2D eigenvalue weighted by atomic mass is 10.1. The molecule has 3 aromatic rings. The molecule has 1 amide bonds. The number of benzene rings is 2. The smallest absolute Gasteiger partial charge is 0.379 e. The van der Waals surface area contributed by atoms with Gasteiger partial charge in [-0.05, 0) is 60.0 Å². The second-order valence-corrected chi connectivity index (χ2v) is 9.23. The van der Waals surface area contributed by atoms with Crippen molar-refractivity contribution in [1.82, 2.24) is 4.90 Å². The van der Waals surface area contributed by atoms with Gasteiger partial charge in [-0.3, -0.25) is 9.69 Å². The third-order valence-corrected chi connectivity index (χ3v) is 6.73. The van der Waals surface area contributed by atoms with Crippen LogP contribution in [-0.2, 0) is 11.2 Å². The van der Waals surface area contributed by atoms with Gasteiger partial charge in [-0.1, -0.05) is 36.1 Å². The largest absolute Gasteiger partial charge is 0.493 e. The number of nitrogens with zero attached hydrogens (tertiary/aromatic N) is 1. The molecular weight excluding hydrogens is 502 g/mol. The minimum Gasteiger partial charge on any atom is -0.493 e. The highest BCUT2D eigenvalue weighted by atomic mass is 32.2. The minimum atomic E-state index is -0.638. The van der Waals surface area contributed by atoms with Crippen LogP contribution >= 0.6 is 24.0 Å². The van der Waals surface area contributed by atoms with Gasteiger partial charge in [-0.15, -0.1) is 0 Å². The standard InChI is InChI=1S/C26H23NO7S2/c1-30-18-8-6-16(13-21(18)31-2)10-11-27-24(28)23(36-26(27)35)15-17-7-9-19(22(14-17)32-3)34-25(29)20-5-4-12-33-20/h4-9,12-15H,10-11H2,1-3H3/b23-15+. The van der Waals surface area contributed by atoms with Gasteiger partial charge in [0, 0.05) is 6.54 Å². The van der Waals surface area contributed by atoms with Crippen molar-refractivity contribution in [1.29, 1.82) is 0 Å². The summed E-state index contributed by atoms with van der Waals surface area (Å²) in [5.41, 5.74) is 1.69. The number of rotatable bonds is 9. The van der Waals surface area contributed by atoms with E-state index in [1.54, 1.807) is 49.5 Å². The number of thiocarbonyl (C=S) groups is 1. The predicted octanol–water partition coefficient (Wildman–Crippen LogP) is 4.97. The average Bonchev–Trinajstić information content (AvgIpc) is 3.52. The van der Waals surface area contributed by atoms with E-state index in [-0.39, 0.29) is 17.4 Å². The van der Waals surface area contributed by atoms with E-state index in [4.69, 9.17) is 35.6 Å². The maximum Gasteiger partial charge on any atom is 0.379 e. The van der Waals surface area contributed by atoms with Crippen LogP contribution in [-0.4, -0.2) is 49.0 Å². The fourth-order valence-corrected chi connectivity index (χ4v) is 4.83. The lowest BCUT2D eigenvalue weighted by molar-refractivity contribution is -0.122. The number of amides is 1. The second kappa shape index (κ2) is 11.3. The molecule has 10 heteroatoms. The SMILES string of the molecule is COc1ccc(CCN2C(=O)/C(=C\c3ccc(OC(=O)c4ccco4)c(OC)c3)SC2=S)cc1OC. The number of thioether (sulfide) groups is 1. The van der Waals surface area contributed by atoms with Crippen molar-refractivity contribution in [3.05, 3.63) is 76.6 Å². The first-order chi connectivity index (χ1) is 17.4. The number of furan rings is 1. The van der Waals surface area contributed by atoms with Crippen LogP contribution in [0.3, 0.4) is 0 Å². The highest BCUT2D eigenvalue weighted by Gasteiger charge is 2.31. The molecule has 186 valence electrons. The van der Waals surface area contributed by atoms with Gasteiger partial charge in [0.05, 0.1) is 32.5 Å². The molecule has 0 radical (unpaired) electrons. The Kier molecular flexibility index (Phi) is 7.97. The van der Waals surface area contributed by atoms with Gasteiger partial charge >= 0.3 is 5.97 Å². The van der Waals surface area contributed by atoms with E-state index in [0.717, 1.165) is 5.56 Å². The summed E-state index contributed by atoms with van der Waals surface area (Å²) >= 11 is 6.70. The Balaban J connectivity index is 1.45. The van der Waals surface area contributed by atoms with Gasteiger partial charge in [-0.25, -0.2) is 4.79 Å². The molecule has 0 saturated carbocycles. The third kappa shape index (κ3) is 5.55. The van der Waals surface area contributed by atoms with Crippen LogP contribution in [0.15, 0.2) is 64.1 Å². The number of esters is 1. The van der Waals surface area contributed by atoms with Gasteiger partial charge in [0.2, 0.25) is 5.76 Å². The molecule has 1 saturated heterocycles. The number of ether oxygens (including phenoxy) is 4. The molecule has 36 heavy (non-hydrogen) atoms. The summed E-state index contributed by atoms with van der Waals surface area (Å²) in [6, 6.07) is 13.8. The number of hydrogen-bond donors (Lipinski definition) is 0. The maximum atomic E-state index is 13.1. The normalized spacial score (nSPS) is 14.3. The molecule has 4 rings (SSSR count). The molecule has 0 aliphatic carbocycles. The van der Waals surface area contributed by atoms with Crippen LogP contribution in [0.4, 0.5) is 0 Å². The van der Waals surface area contributed by atoms with E-state index in [2.05, 4.69) is 0 Å². The monoisotopic (exact) mass is 525 g/mol. The van der Waals surface area contributed by atoms with E-state index < -0.39 is 5.97 Å². The quantitative estimate of drug-likeness (QED) is 0.166. The van der Waals surface area contributed by atoms with Gasteiger partial charge in [-0.2, -0.15) is 0 Å². The van der Waals surface area contributed by atoms with Crippen molar-refractivity contribution >= 4 is 46.3 Å². The van der Waals surface area contributed by atoms with Crippen molar-refractivity contribution in [2.45, 2.75) is 6.42 Å². The highest BCUT2D eigenvalue weighted by molar-refractivity contribution is 8.26. The van der Waals surface area contributed by atoms with E-state index in [0.29, 0.717) is 45.0 Å². The van der Waals surface area contributed by atoms with E-state index in [1.165, 1.54) is 31.2 Å². The zero-order valence-electron chi connectivity index (χ0n) is 19.8. The molecule has 1 aliphatic rings. The first-order valence-electron chi connectivity index (χ1n) is 10.8. The molecule has 0 bridgehead atoms. The molecule has 2 heterocycles. The van der Waals surface area contributed by atoms with E-state index in [9.17, 15) is 9.59 Å². The summed E-state index contributed by atoms with van der Waals surface area (Å²) in [5, 5.41) is 0. The molecular formula is C26H23NO7S2. The molecule has 0 unspecified atom stereocenters. The lowest BCUT2D eigenvalue weighted by Gasteiger charge is -2.15. The Hall–Kier alpha value is -3.76. The fourth-order valence-electron chi connectivity index (χ4n) is 3.52. The van der Waals surface area contributed by atoms with Gasteiger partial charge < -0.3 is 23.4 Å². The Bertz CT molecular complexity index is 1320. The summed E-state index contributed by atoms with van der Waals surface area (Å²) in [4.78, 5) is 27.3. The van der Waals surface area contributed by atoms with Crippen LogP contribution < -0.4 is 18.9 Å². The number of carbonyl (C=O) groups excluding carboxylic acids is 2. The van der Waals surface area contributed by atoms with Crippen LogP contribution in [0.1, 0.15) is 21.7 Å². The Labute approximate surface area is 217 Å². The van der Waals surface area contributed by atoms with E-state index in [1.807, 2.05) is 18.2 Å². The summed E-state index contributed by atoms with van der Waals surface area (Å²) < 4.78 is 26.9. The van der Waals surface area contributed by atoms with Gasteiger partial charge in [0.15, 0.2) is 23.0 Å². The molecule has 0 N–H and O–H groups in total. The van der Waals surface area contributed by atoms with Crippen molar-refractivity contribution in [2.24, 2.45) is 0 Å². The zero-order valence-corrected chi connectivity index (χ0v) is 21.4. The van der Waals surface area contributed by atoms with Crippen molar-refractivity contribution in [2.75, 3.05) is 27.9 Å². The zero-order chi connectivity index (χ0) is 25.7. The number of carbonyl (C=O) groups is 2. The van der Waals surface area contributed by atoms with Crippen LogP contribution in [0, 0.1) is 0 Å². The maximum absolute atomic E-state index is 13.1. The molecule has 1 aliphatic heterocycles. The summed E-state index contributed by atoms with van der Waals surface area (Å²) in [5.74, 6) is 1.13. The Morgan fingerprint density at radius 2 is 1.72 bits per heavy atom. The average molecular weight is 526 g/mol.